The molecule has 154 valence electrons. The summed E-state index contributed by atoms with van der Waals surface area (Å²) in [5.41, 5.74) is 0.358. The molecule has 0 saturated carbocycles. The van der Waals surface area contributed by atoms with Gasteiger partial charge in [0.2, 0.25) is 0 Å². The molecule has 0 radical (unpaired) electrons. The van der Waals surface area contributed by atoms with Crippen molar-refractivity contribution in [1.29, 1.82) is 0 Å². The molecule has 1 amide bonds. The van der Waals surface area contributed by atoms with Gasteiger partial charge in [0.05, 0.1) is 18.1 Å². The summed E-state index contributed by atoms with van der Waals surface area (Å²) in [6.45, 7) is -1.80. The highest BCUT2D eigenvalue weighted by Gasteiger charge is 2.27. The van der Waals surface area contributed by atoms with Gasteiger partial charge in [0.25, 0.3) is 5.91 Å². The monoisotopic (exact) mass is 413 g/mol. The van der Waals surface area contributed by atoms with E-state index in [9.17, 15) is 22.4 Å². The number of hydrogen-bond donors (Lipinski definition) is 1. The molecule has 0 spiro atoms. The number of carbonyl (C=O) groups excluding carboxylic acids is 1. The molecule has 0 saturated heterocycles. The van der Waals surface area contributed by atoms with Gasteiger partial charge in [-0.1, -0.05) is 0 Å². The first-order valence-electron chi connectivity index (χ1n) is 8.19. The van der Waals surface area contributed by atoms with Crippen molar-refractivity contribution >= 4 is 11.6 Å². The fourth-order valence-corrected chi connectivity index (χ4v) is 2.17. The van der Waals surface area contributed by atoms with E-state index in [0.717, 1.165) is 4.68 Å². The molecule has 0 aliphatic heterocycles. The fraction of sp³-hybridized carbons (Fsp3) is 0.235. The zero-order chi connectivity index (χ0) is 20.9. The lowest BCUT2D eigenvalue weighted by molar-refractivity contribution is -0.182. The topological polar surface area (TPSA) is 83.2 Å². The molecule has 8 nitrogen and oxygen atoms in total. The maximum Gasteiger partial charge on any atom is 0.411 e. The quantitative estimate of drug-likeness (QED) is 0.574. The Hall–Kier alpha value is -3.41. The van der Waals surface area contributed by atoms with Crippen LogP contribution in [-0.2, 0) is 18.2 Å². The molecule has 0 unspecified atom stereocenters. The van der Waals surface area contributed by atoms with Gasteiger partial charge in [0.15, 0.2) is 12.4 Å². The third kappa shape index (κ3) is 6.31. The van der Waals surface area contributed by atoms with Crippen molar-refractivity contribution in [3.05, 3.63) is 60.4 Å². The van der Waals surface area contributed by atoms with Crippen molar-refractivity contribution in [2.75, 3.05) is 11.9 Å². The van der Waals surface area contributed by atoms with Crippen molar-refractivity contribution in [3.63, 3.8) is 0 Å². The first-order valence-corrected chi connectivity index (χ1v) is 8.19. The van der Waals surface area contributed by atoms with Gasteiger partial charge in [-0.15, -0.1) is 0 Å². The minimum Gasteiger partial charge on any atom is -0.471 e. The summed E-state index contributed by atoms with van der Waals surface area (Å²) in [6.07, 6.45) is -0.317. The number of aromatic nitrogens is 4. The number of anilines is 1. The largest absolute Gasteiger partial charge is 0.471 e. The highest BCUT2D eigenvalue weighted by atomic mass is 19.4. The van der Waals surface area contributed by atoms with Crippen LogP contribution in [0.2, 0.25) is 0 Å². The molecule has 2 heterocycles. The van der Waals surface area contributed by atoms with E-state index in [4.69, 9.17) is 4.74 Å². The lowest BCUT2D eigenvalue weighted by Crippen LogP contribution is -2.18. The van der Waals surface area contributed by atoms with Gasteiger partial charge in [-0.05, 0) is 30.3 Å². The van der Waals surface area contributed by atoms with Crippen LogP contribution in [0.15, 0.2) is 48.9 Å². The van der Waals surface area contributed by atoms with Gasteiger partial charge in [-0.2, -0.15) is 23.4 Å². The van der Waals surface area contributed by atoms with Crippen LogP contribution in [0.1, 0.15) is 10.5 Å². The Labute approximate surface area is 161 Å². The standard InChI is InChI=1S/C17H15F4N5O3/c18-12-1-3-14(4-2-12)29-11-25-6-5-15(24-25)16(27)23-13-7-22-26(8-13)10-28-9-17(19,20)21/h1-8H,9-11H2,(H,23,27). The molecule has 29 heavy (non-hydrogen) atoms. The number of halogens is 4. The number of nitrogens with one attached hydrogen (secondary N) is 1. The molecule has 0 fully saturated rings. The van der Waals surface area contributed by atoms with Crippen molar-refractivity contribution in [3.8, 4) is 5.75 Å². The summed E-state index contributed by atoms with van der Waals surface area (Å²) < 4.78 is 61.4. The van der Waals surface area contributed by atoms with Crippen LogP contribution < -0.4 is 10.1 Å². The van der Waals surface area contributed by atoms with Crippen molar-refractivity contribution < 1.29 is 31.8 Å². The maximum absolute atomic E-state index is 12.9. The molecule has 0 aliphatic rings. The number of hydrogen-bond acceptors (Lipinski definition) is 5. The van der Waals surface area contributed by atoms with E-state index < -0.39 is 25.4 Å². The first kappa shape index (κ1) is 20.3. The molecule has 3 rings (SSSR count). The fourth-order valence-electron chi connectivity index (χ4n) is 2.17. The lowest BCUT2D eigenvalue weighted by atomic mass is 10.3. The first-order chi connectivity index (χ1) is 13.8. The summed E-state index contributed by atoms with van der Waals surface area (Å²) in [6, 6.07) is 6.89. The number of amides is 1. The zero-order valence-electron chi connectivity index (χ0n) is 14.8. The van der Waals surface area contributed by atoms with Crippen LogP contribution in [0, 0.1) is 5.82 Å². The molecular formula is C17H15F4N5O3. The molecule has 0 atom stereocenters. The second-order valence-electron chi connectivity index (χ2n) is 5.78. The number of carbonyl (C=O) groups is 1. The number of nitrogens with zero attached hydrogens (tertiary/aromatic N) is 4. The van der Waals surface area contributed by atoms with Gasteiger partial charge in [-0.3, -0.25) is 4.79 Å². The SMILES string of the molecule is O=C(Nc1cnn(COCC(F)(F)F)c1)c1ccn(COc2ccc(F)cc2)n1. The van der Waals surface area contributed by atoms with E-state index in [1.807, 2.05) is 0 Å². The van der Waals surface area contributed by atoms with E-state index in [1.165, 1.54) is 53.6 Å². The smallest absolute Gasteiger partial charge is 0.411 e. The predicted molar refractivity (Wildman–Crippen MR) is 91.4 cm³/mol. The zero-order valence-corrected chi connectivity index (χ0v) is 14.8. The van der Waals surface area contributed by atoms with Gasteiger partial charge in [0.1, 0.15) is 24.9 Å². The normalized spacial score (nSPS) is 11.4. The van der Waals surface area contributed by atoms with Crippen LogP contribution in [0.4, 0.5) is 23.2 Å². The number of rotatable bonds is 8. The van der Waals surface area contributed by atoms with E-state index in [-0.39, 0.29) is 23.9 Å². The summed E-state index contributed by atoms with van der Waals surface area (Å²) in [5, 5.41) is 10.4. The van der Waals surface area contributed by atoms with E-state index >= 15 is 0 Å². The van der Waals surface area contributed by atoms with Crippen LogP contribution in [0.3, 0.4) is 0 Å². The molecule has 0 aliphatic carbocycles. The molecule has 1 N–H and O–H groups in total. The Balaban J connectivity index is 1.49. The molecular weight excluding hydrogens is 398 g/mol. The van der Waals surface area contributed by atoms with Gasteiger partial charge in [-0.25, -0.2) is 13.8 Å². The van der Waals surface area contributed by atoms with Gasteiger partial charge in [0, 0.05) is 6.20 Å². The highest BCUT2D eigenvalue weighted by molar-refractivity contribution is 6.02. The minimum absolute atomic E-state index is 0.00733. The second-order valence-corrected chi connectivity index (χ2v) is 5.78. The van der Waals surface area contributed by atoms with Crippen LogP contribution in [0.5, 0.6) is 5.75 Å². The summed E-state index contributed by atoms with van der Waals surface area (Å²) in [5.74, 6) is -0.486. The average Bonchev–Trinajstić information content (AvgIpc) is 3.30. The minimum atomic E-state index is -4.43. The van der Waals surface area contributed by atoms with Gasteiger partial charge < -0.3 is 14.8 Å². The third-order valence-corrected chi connectivity index (χ3v) is 3.43. The Bertz CT molecular complexity index is 953. The van der Waals surface area contributed by atoms with Crippen LogP contribution >= 0.6 is 0 Å². The van der Waals surface area contributed by atoms with E-state index in [1.54, 1.807) is 0 Å². The number of alkyl halides is 3. The summed E-state index contributed by atoms with van der Waals surface area (Å²) in [7, 11) is 0. The van der Waals surface area contributed by atoms with Crippen molar-refractivity contribution in [1.82, 2.24) is 19.6 Å². The van der Waals surface area contributed by atoms with Crippen LogP contribution in [0.25, 0.3) is 0 Å². The summed E-state index contributed by atoms with van der Waals surface area (Å²) >= 11 is 0. The Kier molecular flexibility index (Phi) is 6.12. The maximum atomic E-state index is 12.9. The molecule has 3 aromatic rings. The molecule has 1 aromatic carbocycles. The van der Waals surface area contributed by atoms with Gasteiger partial charge >= 0.3 is 6.18 Å². The number of ether oxygens (including phenoxy) is 2. The van der Waals surface area contributed by atoms with Crippen molar-refractivity contribution in [2.24, 2.45) is 0 Å². The molecule has 0 bridgehead atoms. The Morgan fingerprint density at radius 1 is 1.10 bits per heavy atom. The Morgan fingerprint density at radius 3 is 2.59 bits per heavy atom. The highest BCUT2D eigenvalue weighted by Crippen LogP contribution is 2.15. The summed E-state index contributed by atoms with van der Waals surface area (Å²) in [4.78, 5) is 12.2. The number of benzene rings is 1. The Morgan fingerprint density at radius 2 is 1.86 bits per heavy atom. The third-order valence-electron chi connectivity index (χ3n) is 3.43. The van der Waals surface area contributed by atoms with E-state index in [0.29, 0.717) is 5.75 Å². The lowest BCUT2D eigenvalue weighted by Gasteiger charge is -2.07. The van der Waals surface area contributed by atoms with E-state index in [2.05, 4.69) is 20.3 Å². The van der Waals surface area contributed by atoms with Crippen molar-refractivity contribution in [2.45, 2.75) is 19.6 Å². The average molecular weight is 413 g/mol. The molecule has 2 aromatic heterocycles. The predicted octanol–water partition coefficient (Wildman–Crippen LogP) is 3.04. The van der Waals surface area contributed by atoms with Crippen LogP contribution in [-0.4, -0.2) is 38.3 Å². The molecule has 12 heteroatoms. The second kappa shape index (κ2) is 8.73.